The maximum absolute atomic E-state index is 8.25. The SMILES string of the molecule is Cc1cnc(-c2[c-]cccc2)cc1-c1c(C)cc(-c2nc(C(C)(C)C)nc(C(C)(C)C)n2)cc1C.[2H]C([2H])([2H])c1c[c-]c(-c2ccc(C([2H])([2H])C(C)(C)C)cn2)cc1.[Ir]. The minimum atomic E-state index is -2.14. The van der Waals surface area contributed by atoms with Crippen LogP contribution in [0.4, 0.5) is 0 Å². The molecular formula is C48H55IrN5-2. The molecule has 0 unspecified atom stereocenters. The molecule has 0 aliphatic carbocycles. The molecule has 6 heteroatoms. The van der Waals surface area contributed by atoms with Crippen molar-refractivity contribution in [3.63, 3.8) is 0 Å². The van der Waals surface area contributed by atoms with Gasteiger partial charge in [0.15, 0.2) is 5.82 Å². The average molecular weight is 899 g/mol. The first kappa shape index (κ1) is 35.3. The molecule has 0 bridgehead atoms. The number of nitrogens with zero attached hydrogens (tertiary/aromatic N) is 5. The fourth-order valence-corrected chi connectivity index (χ4v) is 5.83. The van der Waals surface area contributed by atoms with E-state index in [1.54, 1.807) is 24.3 Å². The van der Waals surface area contributed by atoms with Gasteiger partial charge in [0.05, 0.1) is 0 Å². The summed E-state index contributed by atoms with van der Waals surface area (Å²) in [5, 5.41) is 0. The second-order valence-corrected chi connectivity index (χ2v) is 16.8. The van der Waals surface area contributed by atoms with Crippen molar-refractivity contribution in [2.24, 2.45) is 5.41 Å². The minimum Gasteiger partial charge on any atom is -0.304 e. The van der Waals surface area contributed by atoms with Gasteiger partial charge >= 0.3 is 0 Å². The first-order valence-electron chi connectivity index (χ1n) is 20.6. The molecule has 3 aromatic carbocycles. The van der Waals surface area contributed by atoms with E-state index in [0.717, 1.165) is 39.9 Å². The molecule has 0 aliphatic rings. The van der Waals surface area contributed by atoms with Gasteiger partial charge in [0.2, 0.25) is 0 Å². The van der Waals surface area contributed by atoms with E-state index in [0.29, 0.717) is 16.8 Å². The van der Waals surface area contributed by atoms with Gasteiger partial charge in [-0.25, -0.2) is 15.0 Å². The number of rotatable bonds is 5. The molecule has 3 aromatic heterocycles. The van der Waals surface area contributed by atoms with E-state index in [9.17, 15) is 0 Å². The summed E-state index contributed by atoms with van der Waals surface area (Å²) in [4.78, 5) is 23.6. The van der Waals surface area contributed by atoms with E-state index in [1.165, 1.54) is 34.5 Å². The molecule has 6 rings (SSSR count). The van der Waals surface area contributed by atoms with E-state index in [1.807, 2.05) is 51.2 Å². The van der Waals surface area contributed by atoms with Gasteiger partial charge in [0.25, 0.3) is 0 Å². The molecule has 5 nitrogen and oxygen atoms in total. The van der Waals surface area contributed by atoms with Crippen LogP contribution in [-0.2, 0) is 37.3 Å². The van der Waals surface area contributed by atoms with E-state index < -0.39 is 18.6 Å². The second kappa shape index (κ2) is 17.0. The third-order valence-electron chi connectivity index (χ3n) is 8.50. The molecule has 0 spiro atoms. The molecule has 0 atom stereocenters. The molecule has 1 radical (unpaired) electrons. The molecular weight excluding hydrogens is 839 g/mol. The summed E-state index contributed by atoms with van der Waals surface area (Å²) >= 11 is 0. The van der Waals surface area contributed by atoms with Gasteiger partial charge in [-0.3, -0.25) is 0 Å². The smallest absolute Gasteiger partial charge is 0.163 e. The van der Waals surface area contributed by atoms with Crippen LogP contribution in [-0.4, -0.2) is 24.9 Å². The molecule has 3 heterocycles. The zero-order valence-corrected chi connectivity index (χ0v) is 36.0. The standard InChI is InChI=1S/C31H35N4.C17H20N.Ir/c1-19-15-23(27-33-28(30(4,5)6)35-29(34-27)31(7,8)9)16-20(2)26(19)24-17-25(32-18-21(24)3)22-13-11-10-12-14-22;1-13-5-8-15(9-6-13)16-10-7-14(12-18-16)11-17(2,3)4;/h10-13,15-18H,1-9H3;5-8,10,12H,11H2,1-4H3;/q2*-1;/i;1D3,11D2;. The number of hydrogen-bond donors (Lipinski definition) is 0. The van der Waals surface area contributed by atoms with Gasteiger partial charge in [-0.05, 0) is 89.5 Å². The summed E-state index contributed by atoms with van der Waals surface area (Å²) in [5.74, 6) is 2.37. The first-order valence-corrected chi connectivity index (χ1v) is 18.1. The van der Waals surface area contributed by atoms with Crippen molar-refractivity contribution in [1.82, 2.24) is 24.9 Å². The van der Waals surface area contributed by atoms with E-state index in [-0.39, 0.29) is 36.5 Å². The van der Waals surface area contributed by atoms with Crippen molar-refractivity contribution >= 4 is 0 Å². The normalized spacial score (nSPS) is 13.6. The number of benzene rings is 3. The van der Waals surface area contributed by atoms with Crippen LogP contribution in [0.3, 0.4) is 0 Å². The third-order valence-corrected chi connectivity index (χ3v) is 8.50. The van der Waals surface area contributed by atoms with Gasteiger partial charge in [0.1, 0.15) is 11.6 Å². The summed E-state index contributed by atoms with van der Waals surface area (Å²) in [6.45, 7) is 22.7. The first-order chi connectivity index (χ1) is 26.8. The maximum Gasteiger partial charge on any atom is 0.163 e. The Bertz CT molecular complexity index is 2320. The van der Waals surface area contributed by atoms with Gasteiger partial charge in [-0.2, -0.15) is 0 Å². The average Bonchev–Trinajstić information content (AvgIpc) is 3.14. The van der Waals surface area contributed by atoms with Crippen LogP contribution in [0.5, 0.6) is 0 Å². The fraction of sp³-hybridized carbons (Fsp3) is 0.354. The van der Waals surface area contributed by atoms with Crippen LogP contribution < -0.4 is 0 Å². The number of pyridine rings is 2. The Morgan fingerprint density at radius 2 is 1.30 bits per heavy atom. The van der Waals surface area contributed by atoms with Crippen molar-refractivity contribution in [2.45, 2.75) is 107 Å². The van der Waals surface area contributed by atoms with Crippen molar-refractivity contribution in [1.29, 1.82) is 0 Å². The van der Waals surface area contributed by atoms with Crippen LogP contribution in [0, 0.1) is 45.2 Å². The van der Waals surface area contributed by atoms with Crippen LogP contribution in [0.25, 0.3) is 45.0 Å². The van der Waals surface area contributed by atoms with E-state index in [4.69, 9.17) is 21.8 Å². The quantitative estimate of drug-likeness (QED) is 0.161. The molecule has 0 amide bonds. The van der Waals surface area contributed by atoms with Gasteiger partial charge in [0, 0.05) is 55.7 Å². The molecule has 54 heavy (non-hydrogen) atoms. The number of aryl methyl sites for hydroxylation is 4. The second-order valence-electron chi connectivity index (χ2n) is 16.8. The molecule has 6 aromatic rings. The molecule has 0 fully saturated rings. The van der Waals surface area contributed by atoms with E-state index >= 15 is 0 Å². The number of hydrogen-bond acceptors (Lipinski definition) is 5. The Kier molecular flexibility index (Phi) is 11.1. The Labute approximate surface area is 345 Å². The Morgan fingerprint density at radius 1 is 0.667 bits per heavy atom. The molecule has 0 aliphatic heterocycles. The zero-order chi connectivity index (χ0) is 43.0. The Morgan fingerprint density at radius 3 is 1.80 bits per heavy atom. The van der Waals surface area contributed by atoms with Crippen LogP contribution in [0.15, 0.2) is 85.2 Å². The fourth-order valence-electron chi connectivity index (χ4n) is 5.83. The van der Waals surface area contributed by atoms with Crippen molar-refractivity contribution in [3.8, 4) is 45.0 Å². The monoisotopic (exact) mass is 899 g/mol. The van der Waals surface area contributed by atoms with Gasteiger partial charge in [-0.15, -0.1) is 71.3 Å². The summed E-state index contributed by atoms with van der Waals surface area (Å²) in [7, 11) is 0. The van der Waals surface area contributed by atoms with Gasteiger partial charge in [-0.1, -0.05) is 87.4 Å². The third kappa shape index (κ3) is 10.9. The van der Waals surface area contributed by atoms with Crippen LogP contribution >= 0.6 is 0 Å². The van der Waals surface area contributed by atoms with Gasteiger partial charge < -0.3 is 9.97 Å². The van der Waals surface area contributed by atoms with Crippen LogP contribution in [0.1, 0.15) is 109 Å². The maximum atomic E-state index is 8.25. The zero-order valence-electron chi connectivity index (χ0n) is 38.7. The molecule has 0 saturated carbocycles. The summed E-state index contributed by atoms with van der Waals surface area (Å²) in [6.07, 6.45) is 1.99. The Hall–Kier alpha value is -4.38. The van der Waals surface area contributed by atoms with Crippen molar-refractivity contribution < 1.29 is 27.0 Å². The predicted octanol–water partition coefficient (Wildman–Crippen LogP) is 12.0. The molecule has 283 valence electrons. The van der Waals surface area contributed by atoms with Crippen molar-refractivity contribution in [3.05, 3.63) is 137 Å². The van der Waals surface area contributed by atoms with E-state index in [2.05, 4.69) is 103 Å². The predicted molar refractivity (Wildman–Crippen MR) is 221 cm³/mol. The summed E-state index contributed by atoms with van der Waals surface area (Å²) < 4.78 is 38.6. The topological polar surface area (TPSA) is 64.5 Å². The largest absolute Gasteiger partial charge is 0.304 e. The summed E-state index contributed by atoms with van der Waals surface area (Å²) in [6, 6.07) is 28.9. The van der Waals surface area contributed by atoms with Crippen molar-refractivity contribution in [2.75, 3.05) is 0 Å². The Balaban J connectivity index is 0.000000279. The number of aromatic nitrogens is 5. The minimum absolute atomic E-state index is 0. The molecule has 0 saturated heterocycles. The summed E-state index contributed by atoms with van der Waals surface area (Å²) in [5.41, 5.74) is 10.1. The van der Waals surface area contributed by atoms with Crippen LogP contribution in [0.2, 0.25) is 0 Å². The molecule has 0 N–H and O–H groups in total.